The van der Waals surface area contributed by atoms with Crippen LogP contribution in [0.4, 0.5) is 5.69 Å². The molecule has 33 heavy (non-hydrogen) atoms. The fraction of sp³-hybridized carbons (Fsp3) is 0.375. The number of halogens is 1. The molecule has 0 aliphatic carbocycles. The van der Waals surface area contributed by atoms with Crippen LogP contribution in [-0.4, -0.2) is 54.7 Å². The summed E-state index contributed by atoms with van der Waals surface area (Å²) in [7, 11) is 0. The summed E-state index contributed by atoms with van der Waals surface area (Å²) in [6, 6.07) is 12.3. The molecule has 2 amide bonds. The molecule has 0 radical (unpaired) electrons. The Hall–Kier alpha value is -2.49. The van der Waals surface area contributed by atoms with Gasteiger partial charge in [-0.05, 0) is 67.0 Å². The number of carbonyl (C=O) groups is 2. The third kappa shape index (κ3) is 7.52. The van der Waals surface area contributed by atoms with Gasteiger partial charge < -0.3 is 19.7 Å². The molecule has 0 aromatic heterocycles. The highest BCUT2D eigenvalue weighted by Gasteiger charge is 2.19. The molecule has 7 nitrogen and oxygen atoms in total. The molecule has 0 saturated carbocycles. The minimum atomic E-state index is -0.368. The molecular weight excluding hydrogens is 506 g/mol. The number of thiocarbonyl (C=S) groups is 1. The van der Waals surface area contributed by atoms with E-state index in [2.05, 4.69) is 40.4 Å². The minimum Gasteiger partial charge on any atom is -0.493 e. The summed E-state index contributed by atoms with van der Waals surface area (Å²) >= 11 is 8.71. The molecule has 0 bridgehead atoms. The van der Waals surface area contributed by atoms with Crippen molar-refractivity contribution in [1.29, 1.82) is 0 Å². The van der Waals surface area contributed by atoms with E-state index < -0.39 is 0 Å². The van der Waals surface area contributed by atoms with Gasteiger partial charge in [0.2, 0.25) is 0 Å². The second-order valence-corrected chi connectivity index (χ2v) is 9.39. The maximum atomic E-state index is 12.8. The van der Waals surface area contributed by atoms with Crippen LogP contribution in [-0.2, 0) is 4.74 Å². The van der Waals surface area contributed by atoms with Gasteiger partial charge in [0, 0.05) is 28.8 Å². The highest BCUT2D eigenvalue weighted by molar-refractivity contribution is 9.10. The lowest BCUT2D eigenvalue weighted by molar-refractivity contribution is 0.0303. The van der Waals surface area contributed by atoms with Gasteiger partial charge in [-0.25, -0.2) is 0 Å². The highest BCUT2D eigenvalue weighted by atomic mass is 79.9. The quantitative estimate of drug-likeness (QED) is 0.511. The third-order valence-corrected chi connectivity index (χ3v) is 5.75. The Kier molecular flexibility index (Phi) is 9.22. The first kappa shape index (κ1) is 25.1. The van der Waals surface area contributed by atoms with Crippen LogP contribution in [0.1, 0.15) is 41.0 Å². The predicted molar refractivity (Wildman–Crippen MR) is 136 cm³/mol. The molecular formula is C24H28BrN3O4S. The number of ether oxygens (including phenoxy) is 2. The maximum absolute atomic E-state index is 12.8. The zero-order valence-corrected chi connectivity index (χ0v) is 21.1. The van der Waals surface area contributed by atoms with Crippen LogP contribution >= 0.6 is 28.1 Å². The molecule has 1 fully saturated rings. The normalized spacial score (nSPS) is 13.5. The first-order valence-electron chi connectivity index (χ1n) is 10.8. The molecule has 1 heterocycles. The summed E-state index contributed by atoms with van der Waals surface area (Å²) in [6.45, 7) is 7.06. The van der Waals surface area contributed by atoms with Crippen molar-refractivity contribution in [3.63, 3.8) is 0 Å². The lowest BCUT2D eigenvalue weighted by Gasteiger charge is -2.26. The van der Waals surface area contributed by atoms with E-state index in [-0.39, 0.29) is 16.9 Å². The Bertz CT molecular complexity index is 992. The molecule has 1 aliphatic heterocycles. The van der Waals surface area contributed by atoms with Gasteiger partial charge in [0.25, 0.3) is 11.8 Å². The van der Waals surface area contributed by atoms with Gasteiger partial charge in [-0.1, -0.05) is 29.8 Å². The molecule has 1 aliphatic rings. The Morgan fingerprint density at radius 2 is 1.85 bits per heavy atom. The van der Waals surface area contributed by atoms with Crippen molar-refractivity contribution in [2.45, 2.75) is 20.3 Å². The van der Waals surface area contributed by atoms with Gasteiger partial charge in [-0.3, -0.25) is 14.9 Å². The third-order valence-electron chi connectivity index (χ3n) is 5.05. The smallest absolute Gasteiger partial charge is 0.261 e. The molecule has 0 spiro atoms. The predicted octanol–water partition coefficient (Wildman–Crippen LogP) is 4.47. The molecule has 2 aromatic carbocycles. The summed E-state index contributed by atoms with van der Waals surface area (Å²) in [4.78, 5) is 27.2. The van der Waals surface area contributed by atoms with E-state index in [9.17, 15) is 9.59 Å². The van der Waals surface area contributed by atoms with Gasteiger partial charge in [-0.2, -0.15) is 0 Å². The van der Waals surface area contributed by atoms with Crippen molar-refractivity contribution in [3.8, 4) is 5.75 Å². The molecule has 176 valence electrons. The number of hydrogen-bond acceptors (Lipinski definition) is 5. The van der Waals surface area contributed by atoms with E-state index in [0.29, 0.717) is 61.4 Å². The van der Waals surface area contributed by atoms with Crippen molar-refractivity contribution >= 4 is 50.8 Å². The number of morpholine rings is 1. The maximum Gasteiger partial charge on any atom is 0.261 e. The first-order chi connectivity index (χ1) is 15.8. The largest absolute Gasteiger partial charge is 0.493 e. The monoisotopic (exact) mass is 533 g/mol. The molecule has 9 heteroatoms. The molecule has 3 rings (SSSR count). The van der Waals surface area contributed by atoms with Crippen LogP contribution in [0, 0.1) is 5.92 Å². The van der Waals surface area contributed by atoms with Crippen LogP contribution in [0.5, 0.6) is 5.75 Å². The van der Waals surface area contributed by atoms with E-state index >= 15 is 0 Å². The highest BCUT2D eigenvalue weighted by Crippen LogP contribution is 2.24. The number of nitrogens with zero attached hydrogens (tertiary/aromatic N) is 1. The summed E-state index contributed by atoms with van der Waals surface area (Å²) < 4.78 is 11.9. The second kappa shape index (κ2) is 12.1. The molecule has 2 aromatic rings. The standard InChI is InChI=1S/C24H28BrN3O4S/c1-16(2)9-12-32-21-8-5-18(25)15-20(21)22(29)27-24(33)26-19-6-3-17(4-7-19)23(30)28-10-13-31-14-11-28/h3-8,15-16H,9-14H2,1-2H3,(H2,26,27,29,33). The number of hydrogen-bond donors (Lipinski definition) is 2. The van der Waals surface area contributed by atoms with Crippen LogP contribution < -0.4 is 15.4 Å². The molecule has 0 atom stereocenters. The van der Waals surface area contributed by atoms with E-state index in [0.717, 1.165) is 10.9 Å². The fourth-order valence-electron chi connectivity index (χ4n) is 3.19. The number of anilines is 1. The SMILES string of the molecule is CC(C)CCOc1ccc(Br)cc1C(=O)NC(=S)Nc1ccc(C(=O)N2CCOCC2)cc1. The number of amides is 2. The van der Waals surface area contributed by atoms with E-state index in [1.54, 1.807) is 41.3 Å². The first-order valence-corrected chi connectivity index (χ1v) is 12.1. The zero-order valence-electron chi connectivity index (χ0n) is 18.7. The van der Waals surface area contributed by atoms with Gasteiger partial charge >= 0.3 is 0 Å². The van der Waals surface area contributed by atoms with Crippen LogP contribution in [0.2, 0.25) is 0 Å². The van der Waals surface area contributed by atoms with Crippen molar-refractivity contribution < 1.29 is 19.1 Å². The minimum absolute atomic E-state index is 0.0274. The second-order valence-electron chi connectivity index (χ2n) is 8.06. The van der Waals surface area contributed by atoms with Gasteiger partial charge in [0.1, 0.15) is 5.75 Å². The lowest BCUT2D eigenvalue weighted by Crippen LogP contribution is -2.40. The van der Waals surface area contributed by atoms with Crippen molar-refractivity contribution in [3.05, 3.63) is 58.1 Å². The topological polar surface area (TPSA) is 79.9 Å². The van der Waals surface area contributed by atoms with Crippen LogP contribution in [0.15, 0.2) is 46.9 Å². The Morgan fingerprint density at radius 1 is 1.15 bits per heavy atom. The van der Waals surface area contributed by atoms with Crippen molar-refractivity contribution in [2.75, 3.05) is 38.2 Å². The summed E-state index contributed by atoms with van der Waals surface area (Å²) in [5.74, 6) is 0.614. The average molecular weight is 534 g/mol. The zero-order chi connectivity index (χ0) is 23.8. The number of carbonyl (C=O) groups excluding carboxylic acids is 2. The number of nitrogens with one attached hydrogen (secondary N) is 2. The van der Waals surface area contributed by atoms with E-state index in [4.69, 9.17) is 21.7 Å². The lowest BCUT2D eigenvalue weighted by atomic mass is 10.1. The Balaban J connectivity index is 1.58. The van der Waals surface area contributed by atoms with Crippen LogP contribution in [0.3, 0.4) is 0 Å². The summed E-state index contributed by atoms with van der Waals surface area (Å²) in [5.41, 5.74) is 1.65. The molecule has 0 unspecified atom stereocenters. The number of benzene rings is 2. The molecule has 2 N–H and O–H groups in total. The number of rotatable bonds is 7. The van der Waals surface area contributed by atoms with E-state index in [1.807, 2.05) is 6.07 Å². The van der Waals surface area contributed by atoms with E-state index in [1.165, 1.54) is 0 Å². The Labute approximate surface area is 207 Å². The van der Waals surface area contributed by atoms with Gasteiger partial charge in [-0.15, -0.1) is 0 Å². The molecule has 1 saturated heterocycles. The van der Waals surface area contributed by atoms with Gasteiger partial charge in [0.05, 0.1) is 25.4 Å². The average Bonchev–Trinajstić information content (AvgIpc) is 2.80. The van der Waals surface area contributed by atoms with Crippen molar-refractivity contribution in [1.82, 2.24) is 10.2 Å². The van der Waals surface area contributed by atoms with Gasteiger partial charge in [0.15, 0.2) is 5.11 Å². The summed E-state index contributed by atoms with van der Waals surface area (Å²) in [6.07, 6.45) is 0.890. The fourth-order valence-corrected chi connectivity index (χ4v) is 3.76. The summed E-state index contributed by atoms with van der Waals surface area (Å²) in [5, 5.41) is 5.83. The van der Waals surface area contributed by atoms with Crippen LogP contribution in [0.25, 0.3) is 0 Å². The van der Waals surface area contributed by atoms with Crippen molar-refractivity contribution in [2.24, 2.45) is 5.92 Å². The Morgan fingerprint density at radius 3 is 2.52 bits per heavy atom.